The highest BCUT2D eigenvalue weighted by Crippen LogP contribution is 2.40. The SMILES string of the molecule is CCCCn1nc(C)c2c1NC(=O)CC2c1cc(C)ccc1C. The van der Waals surface area contributed by atoms with Crippen LogP contribution in [0.2, 0.25) is 0 Å². The van der Waals surface area contributed by atoms with Gasteiger partial charge in [0.25, 0.3) is 0 Å². The lowest BCUT2D eigenvalue weighted by Crippen LogP contribution is -2.25. The quantitative estimate of drug-likeness (QED) is 0.924. The molecule has 23 heavy (non-hydrogen) atoms. The molecule has 3 rings (SSSR count). The fourth-order valence-electron chi connectivity index (χ4n) is 3.49. The van der Waals surface area contributed by atoms with Crippen LogP contribution in [0.3, 0.4) is 0 Å². The van der Waals surface area contributed by atoms with E-state index >= 15 is 0 Å². The van der Waals surface area contributed by atoms with Gasteiger partial charge in [-0.1, -0.05) is 37.1 Å². The molecule has 2 heterocycles. The molecule has 1 aliphatic rings. The maximum Gasteiger partial charge on any atom is 0.226 e. The van der Waals surface area contributed by atoms with Crippen LogP contribution in [0.15, 0.2) is 18.2 Å². The fraction of sp³-hybridized carbons (Fsp3) is 0.474. The molecule has 1 unspecified atom stereocenters. The van der Waals surface area contributed by atoms with Gasteiger partial charge in [0.2, 0.25) is 5.91 Å². The van der Waals surface area contributed by atoms with Gasteiger partial charge in [0.05, 0.1) is 5.69 Å². The molecule has 4 heteroatoms. The second kappa shape index (κ2) is 6.19. The van der Waals surface area contributed by atoms with Crippen LogP contribution in [0.4, 0.5) is 5.82 Å². The second-order valence-corrected chi connectivity index (χ2v) is 6.59. The maximum absolute atomic E-state index is 12.3. The van der Waals surface area contributed by atoms with Gasteiger partial charge in [-0.25, -0.2) is 4.68 Å². The molecule has 0 aliphatic carbocycles. The Labute approximate surface area is 137 Å². The van der Waals surface area contributed by atoms with Crippen molar-refractivity contribution in [2.75, 3.05) is 5.32 Å². The summed E-state index contributed by atoms with van der Waals surface area (Å²) < 4.78 is 1.98. The number of nitrogens with one attached hydrogen (secondary N) is 1. The average Bonchev–Trinajstić information content (AvgIpc) is 2.83. The maximum atomic E-state index is 12.3. The zero-order valence-electron chi connectivity index (χ0n) is 14.4. The van der Waals surface area contributed by atoms with Crippen molar-refractivity contribution in [1.82, 2.24) is 9.78 Å². The van der Waals surface area contributed by atoms with Crippen molar-refractivity contribution in [3.05, 3.63) is 46.1 Å². The third kappa shape index (κ3) is 2.90. The molecule has 1 aliphatic heterocycles. The number of hydrogen-bond donors (Lipinski definition) is 1. The molecule has 0 bridgehead atoms. The number of hydrogen-bond acceptors (Lipinski definition) is 2. The topological polar surface area (TPSA) is 46.9 Å². The normalized spacial score (nSPS) is 17.0. The smallest absolute Gasteiger partial charge is 0.226 e. The molecule has 1 N–H and O–H groups in total. The van der Waals surface area contributed by atoms with Crippen LogP contribution >= 0.6 is 0 Å². The minimum Gasteiger partial charge on any atom is -0.311 e. The Morgan fingerprint density at radius 1 is 1.30 bits per heavy atom. The Morgan fingerprint density at radius 2 is 2.09 bits per heavy atom. The van der Waals surface area contributed by atoms with E-state index in [0.717, 1.165) is 30.9 Å². The summed E-state index contributed by atoms with van der Waals surface area (Å²) in [6.07, 6.45) is 2.68. The summed E-state index contributed by atoms with van der Waals surface area (Å²) >= 11 is 0. The van der Waals surface area contributed by atoms with Gasteiger partial charge in [-0.2, -0.15) is 5.10 Å². The van der Waals surface area contributed by atoms with E-state index in [2.05, 4.69) is 51.2 Å². The summed E-state index contributed by atoms with van der Waals surface area (Å²) in [6.45, 7) is 9.30. The van der Waals surface area contributed by atoms with Crippen molar-refractivity contribution < 1.29 is 4.79 Å². The summed E-state index contributed by atoms with van der Waals surface area (Å²) in [6, 6.07) is 6.49. The molecule has 122 valence electrons. The highest BCUT2D eigenvalue weighted by atomic mass is 16.1. The van der Waals surface area contributed by atoms with Crippen molar-refractivity contribution in [3.63, 3.8) is 0 Å². The van der Waals surface area contributed by atoms with E-state index in [-0.39, 0.29) is 11.8 Å². The monoisotopic (exact) mass is 311 g/mol. The lowest BCUT2D eigenvalue weighted by molar-refractivity contribution is -0.116. The first-order valence-corrected chi connectivity index (χ1v) is 8.45. The first kappa shape index (κ1) is 15.8. The minimum absolute atomic E-state index is 0.0843. The molecular weight excluding hydrogens is 286 g/mol. The third-order valence-corrected chi connectivity index (χ3v) is 4.70. The van der Waals surface area contributed by atoms with E-state index in [1.807, 2.05) is 4.68 Å². The lowest BCUT2D eigenvalue weighted by Gasteiger charge is -2.26. The summed E-state index contributed by atoms with van der Waals surface area (Å²) in [5, 5.41) is 7.75. The molecule has 0 fully saturated rings. The lowest BCUT2D eigenvalue weighted by atomic mass is 9.83. The van der Waals surface area contributed by atoms with E-state index in [1.54, 1.807) is 0 Å². The Morgan fingerprint density at radius 3 is 2.83 bits per heavy atom. The zero-order chi connectivity index (χ0) is 16.6. The van der Waals surface area contributed by atoms with Gasteiger partial charge < -0.3 is 5.32 Å². The van der Waals surface area contributed by atoms with Crippen molar-refractivity contribution in [2.24, 2.45) is 0 Å². The van der Waals surface area contributed by atoms with Gasteiger partial charge in [-0.05, 0) is 38.3 Å². The Kier molecular flexibility index (Phi) is 4.24. The van der Waals surface area contributed by atoms with Crippen molar-refractivity contribution >= 4 is 11.7 Å². The third-order valence-electron chi connectivity index (χ3n) is 4.70. The second-order valence-electron chi connectivity index (χ2n) is 6.59. The molecule has 1 aromatic carbocycles. The molecule has 2 aromatic rings. The Hall–Kier alpha value is -2.10. The highest BCUT2D eigenvalue weighted by Gasteiger charge is 2.32. The summed E-state index contributed by atoms with van der Waals surface area (Å²) in [4.78, 5) is 12.3. The first-order chi connectivity index (χ1) is 11.0. The van der Waals surface area contributed by atoms with E-state index < -0.39 is 0 Å². The minimum atomic E-state index is 0.0843. The number of amides is 1. The number of carbonyl (C=O) groups is 1. The number of benzene rings is 1. The van der Waals surface area contributed by atoms with Gasteiger partial charge >= 0.3 is 0 Å². The van der Waals surface area contributed by atoms with Crippen LogP contribution in [0.1, 0.15) is 60.1 Å². The van der Waals surface area contributed by atoms with Crippen molar-refractivity contribution in [3.8, 4) is 0 Å². The fourth-order valence-corrected chi connectivity index (χ4v) is 3.49. The number of rotatable bonds is 4. The predicted molar refractivity (Wildman–Crippen MR) is 92.9 cm³/mol. The predicted octanol–water partition coefficient (Wildman–Crippen LogP) is 4.08. The number of aryl methyl sites for hydroxylation is 4. The number of nitrogens with zero attached hydrogens (tertiary/aromatic N) is 2. The first-order valence-electron chi connectivity index (χ1n) is 8.45. The van der Waals surface area contributed by atoms with E-state index in [9.17, 15) is 4.79 Å². The number of aromatic nitrogens is 2. The van der Waals surface area contributed by atoms with Crippen LogP contribution < -0.4 is 5.32 Å². The molecule has 1 aromatic heterocycles. The van der Waals surface area contributed by atoms with Crippen LogP contribution in [0.5, 0.6) is 0 Å². The Balaban J connectivity index is 2.10. The number of fused-ring (bicyclic) bond motifs is 1. The molecular formula is C19H25N3O. The molecule has 0 spiro atoms. The van der Waals surface area contributed by atoms with E-state index in [0.29, 0.717) is 6.42 Å². The summed E-state index contributed by atoms with van der Waals surface area (Å²) in [5.41, 5.74) is 5.94. The highest BCUT2D eigenvalue weighted by molar-refractivity contribution is 5.94. The number of anilines is 1. The van der Waals surface area contributed by atoms with Crippen LogP contribution in [-0.2, 0) is 11.3 Å². The molecule has 1 atom stereocenters. The van der Waals surface area contributed by atoms with Crippen LogP contribution in [0, 0.1) is 20.8 Å². The van der Waals surface area contributed by atoms with Gasteiger partial charge in [-0.15, -0.1) is 0 Å². The van der Waals surface area contributed by atoms with Gasteiger partial charge in [-0.3, -0.25) is 4.79 Å². The summed E-state index contributed by atoms with van der Waals surface area (Å²) in [7, 11) is 0. The van der Waals surface area contributed by atoms with Crippen LogP contribution in [0.25, 0.3) is 0 Å². The van der Waals surface area contributed by atoms with E-state index in [4.69, 9.17) is 5.10 Å². The molecule has 4 nitrogen and oxygen atoms in total. The molecule has 0 saturated carbocycles. The standard InChI is InChI=1S/C19H25N3O/c1-5-6-9-22-19-18(14(4)21-22)16(11-17(23)20-19)15-10-12(2)7-8-13(15)3/h7-8,10,16H,5-6,9,11H2,1-4H3,(H,20,23). The Bertz CT molecular complexity index is 745. The zero-order valence-corrected chi connectivity index (χ0v) is 14.4. The van der Waals surface area contributed by atoms with E-state index in [1.165, 1.54) is 22.3 Å². The van der Waals surface area contributed by atoms with Crippen molar-refractivity contribution in [1.29, 1.82) is 0 Å². The van der Waals surface area contributed by atoms with Crippen LogP contribution in [-0.4, -0.2) is 15.7 Å². The van der Waals surface area contributed by atoms with Gasteiger partial charge in [0.15, 0.2) is 0 Å². The largest absolute Gasteiger partial charge is 0.311 e. The van der Waals surface area contributed by atoms with Gasteiger partial charge in [0.1, 0.15) is 5.82 Å². The number of unbranched alkanes of at least 4 members (excludes halogenated alkanes) is 1. The average molecular weight is 311 g/mol. The summed E-state index contributed by atoms with van der Waals surface area (Å²) in [5.74, 6) is 1.09. The molecule has 0 radical (unpaired) electrons. The number of carbonyl (C=O) groups excluding carboxylic acids is 1. The molecule has 0 saturated heterocycles. The van der Waals surface area contributed by atoms with Crippen molar-refractivity contribution in [2.45, 2.75) is 59.4 Å². The van der Waals surface area contributed by atoms with Gasteiger partial charge in [0, 0.05) is 24.4 Å². The molecule has 1 amide bonds.